The number of hydrogen-bond donors (Lipinski definition) is 1. The zero-order valence-corrected chi connectivity index (χ0v) is 22.9. The maximum absolute atomic E-state index is 13.9. The summed E-state index contributed by atoms with van der Waals surface area (Å²) in [7, 11) is -3.96. The molecule has 0 aliphatic carbocycles. The van der Waals surface area contributed by atoms with Gasteiger partial charge in [-0.3, -0.25) is 13.9 Å². The molecule has 0 fully saturated rings. The molecule has 1 N–H and O–H groups in total. The molecule has 0 aliphatic heterocycles. The van der Waals surface area contributed by atoms with E-state index >= 15 is 0 Å². The highest BCUT2D eigenvalue weighted by Crippen LogP contribution is 2.25. The van der Waals surface area contributed by atoms with Crippen LogP contribution < -0.4 is 9.62 Å². The lowest BCUT2D eigenvalue weighted by Crippen LogP contribution is -2.53. The normalized spacial score (nSPS) is 12.0. The number of nitrogens with one attached hydrogen (secondary N) is 1. The Bertz CT molecular complexity index is 1340. The minimum atomic E-state index is -3.96. The van der Waals surface area contributed by atoms with Crippen molar-refractivity contribution >= 4 is 39.1 Å². The summed E-state index contributed by atoms with van der Waals surface area (Å²) in [5, 5.41) is 2.61. The Balaban J connectivity index is 2.03. The first-order chi connectivity index (χ1) is 18.1. The molecule has 3 rings (SSSR count). The van der Waals surface area contributed by atoms with E-state index in [4.69, 9.17) is 11.6 Å². The molecular weight excluding hydrogens is 529 g/mol. The summed E-state index contributed by atoms with van der Waals surface area (Å²) in [6.07, 6.45) is 1.90. The van der Waals surface area contributed by atoms with Crippen LogP contribution in [-0.4, -0.2) is 50.5 Å². The molecule has 0 heterocycles. The van der Waals surface area contributed by atoms with Crippen LogP contribution in [0.25, 0.3) is 0 Å². The molecule has 1 atom stereocenters. The van der Waals surface area contributed by atoms with Crippen molar-refractivity contribution in [3.05, 3.63) is 101 Å². The Labute approximate surface area is 228 Å². The van der Waals surface area contributed by atoms with Crippen molar-refractivity contribution < 1.29 is 22.4 Å². The maximum atomic E-state index is 13.9. The molecule has 0 unspecified atom stereocenters. The van der Waals surface area contributed by atoms with Crippen LogP contribution in [0.4, 0.5) is 10.1 Å². The number of nitrogens with zero attached hydrogens (tertiary/aromatic N) is 2. The zero-order chi connectivity index (χ0) is 27.7. The Morgan fingerprint density at radius 2 is 1.58 bits per heavy atom. The number of carbonyl (C=O) groups excluding carboxylic acids is 2. The Hall–Kier alpha value is -3.43. The maximum Gasteiger partial charge on any atom is 0.244 e. The second kappa shape index (κ2) is 13.4. The molecule has 2 amide bonds. The van der Waals surface area contributed by atoms with Crippen LogP contribution >= 0.6 is 11.6 Å². The van der Waals surface area contributed by atoms with Crippen LogP contribution in [0.5, 0.6) is 0 Å². The molecule has 10 heteroatoms. The predicted octanol–water partition coefficient (Wildman–Crippen LogP) is 4.41. The lowest BCUT2D eigenvalue weighted by Gasteiger charge is -2.33. The second-order valence-electron chi connectivity index (χ2n) is 8.87. The highest BCUT2D eigenvalue weighted by atomic mass is 35.5. The van der Waals surface area contributed by atoms with Gasteiger partial charge in [0, 0.05) is 19.5 Å². The Kier molecular flexibility index (Phi) is 10.3. The van der Waals surface area contributed by atoms with Crippen molar-refractivity contribution in [2.24, 2.45) is 0 Å². The van der Waals surface area contributed by atoms with Crippen molar-refractivity contribution in [1.29, 1.82) is 0 Å². The van der Waals surface area contributed by atoms with E-state index in [0.717, 1.165) is 33.8 Å². The Morgan fingerprint density at radius 1 is 0.974 bits per heavy atom. The summed E-state index contributed by atoms with van der Waals surface area (Å²) >= 11 is 5.90. The van der Waals surface area contributed by atoms with Crippen LogP contribution in [0.2, 0.25) is 5.02 Å². The second-order valence-corrected chi connectivity index (χ2v) is 11.2. The van der Waals surface area contributed by atoms with Gasteiger partial charge in [-0.1, -0.05) is 79.2 Å². The third kappa shape index (κ3) is 8.03. The molecule has 0 bridgehead atoms. The van der Waals surface area contributed by atoms with Crippen LogP contribution in [-0.2, 0) is 32.6 Å². The fourth-order valence-electron chi connectivity index (χ4n) is 3.95. The van der Waals surface area contributed by atoms with Crippen LogP contribution in [0.1, 0.15) is 24.5 Å². The van der Waals surface area contributed by atoms with Gasteiger partial charge >= 0.3 is 0 Å². The molecule has 7 nitrogen and oxygen atoms in total. The van der Waals surface area contributed by atoms with E-state index in [1.54, 1.807) is 0 Å². The SMILES string of the molecule is CCCNC(=O)[C@@H](Cc1ccccc1)N(Cc1ccccc1)C(=O)CN(c1ccc(F)c(Cl)c1)S(C)(=O)=O. The first-order valence-electron chi connectivity index (χ1n) is 12.2. The van der Waals surface area contributed by atoms with Crippen molar-refractivity contribution in [2.45, 2.75) is 32.4 Å². The van der Waals surface area contributed by atoms with Gasteiger partial charge in [-0.25, -0.2) is 12.8 Å². The van der Waals surface area contributed by atoms with Gasteiger partial charge < -0.3 is 10.2 Å². The van der Waals surface area contributed by atoms with Gasteiger partial charge in [0.15, 0.2) is 0 Å². The topological polar surface area (TPSA) is 86.8 Å². The number of anilines is 1. The van der Waals surface area contributed by atoms with E-state index in [1.165, 1.54) is 11.0 Å². The lowest BCUT2D eigenvalue weighted by atomic mass is 10.0. The summed E-state index contributed by atoms with van der Waals surface area (Å²) < 4.78 is 40.1. The van der Waals surface area contributed by atoms with Gasteiger partial charge in [0.2, 0.25) is 21.8 Å². The third-order valence-electron chi connectivity index (χ3n) is 5.89. The molecule has 202 valence electrons. The fraction of sp³-hybridized carbons (Fsp3) is 0.286. The van der Waals surface area contributed by atoms with Crippen molar-refractivity contribution in [1.82, 2.24) is 10.2 Å². The van der Waals surface area contributed by atoms with Gasteiger partial charge in [0.05, 0.1) is 17.0 Å². The molecule has 3 aromatic rings. The van der Waals surface area contributed by atoms with Gasteiger partial charge in [0.25, 0.3) is 0 Å². The minimum Gasteiger partial charge on any atom is -0.354 e. The fourth-order valence-corrected chi connectivity index (χ4v) is 4.97. The highest BCUT2D eigenvalue weighted by Gasteiger charge is 2.33. The summed E-state index contributed by atoms with van der Waals surface area (Å²) in [5.41, 5.74) is 1.67. The summed E-state index contributed by atoms with van der Waals surface area (Å²) in [5.74, 6) is -1.64. The molecule has 0 spiro atoms. The summed E-state index contributed by atoms with van der Waals surface area (Å²) in [6.45, 7) is 1.84. The predicted molar refractivity (Wildman–Crippen MR) is 148 cm³/mol. The van der Waals surface area contributed by atoms with E-state index in [2.05, 4.69) is 5.32 Å². The zero-order valence-electron chi connectivity index (χ0n) is 21.3. The van der Waals surface area contributed by atoms with Gasteiger partial charge in [0.1, 0.15) is 18.4 Å². The third-order valence-corrected chi connectivity index (χ3v) is 7.32. The number of amides is 2. The first kappa shape index (κ1) is 29.1. The number of carbonyl (C=O) groups is 2. The molecule has 0 aromatic heterocycles. The van der Waals surface area contributed by atoms with E-state index in [1.807, 2.05) is 67.6 Å². The average Bonchev–Trinajstić information content (AvgIpc) is 2.90. The van der Waals surface area contributed by atoms with E-state index in [0.29, 0.717) is 13.0 Å². The lowest BCUT2D eigenvalue weighted by molar-refractivity contribution is -0.140. The first-order valence-corrected chi connectivity index (χ1v) is 14.4. The number of rotatable bonds is 12. The molecule has 0 aliphatic rings. The standard InChI is InChI=1S/C28H31ClFN3O4S/c1-3-16-31-28(35)26(17-21-10-6-4-7-11-21)32(19-22-12-8-5-9-13-22)27(34)20-33(38(2,36)37)23-14-15-25(30)24(29)18-23/h4-15,18,26H,3,16-17,19-20H2,1-2H3,(H,31,35)/t26-/m1/s1. The van der Waals surface area contributed by atoms with Crippen molar-refractivity contribution in [3.8, 4) is 0 Å². The molecule has 38 heavy (non-hydrogen) atoms. The largest absolute Gasteiger partial charge is 0.354 e. The Morgan fingerprint density at radius 3 is 2.13 bits per heavy atom. The summed E-state index contributed by atoms with van der Waals surface area (Å²) in [6, 6.07) is 21.0. The molecule has 0 saturated heterocycles. The number of halogens is 2. The van der Waals surface area contributed by atoms with E-state index in [9.17, 15) is 22.4 Å². The molecule has 0 radical (unpaired) electrons. The minimum absolute atomic E-state index is 0.0435. The number of sulfonamides is 1. The summed E-state index contributed by atoms with van der Waals surface area (Å²) in [4.78, 5) is 28.7. The van der Waals surface area contributed by atoms with Crippen LogP contribution in [0.15, 0.2) is 78.9 Å². The quantitative estimate of drug-likeness (QED) is 0.356. The monoisotopic (exact) mass is 559 g/mol. The van der Waals surface area contributed by atoms with E-state index in [-0.39, 0.29) is 29.6 Å². The molecule has 0 saturated carbocycles. The van der Waals surface area contributed by atoms with Gasteiger partial charge in [-0.05, 0) is 35.7 Å². The van der Waals surface area contributed by atoms with Crippen LogP contribution in [0, 0.1) is 5.82 Å². The number of benzene rings is 3. The van der Waals surface area contributed by atoms with Crippen LogP contribution in [0.3, 0.4) is 0 Å². The van der Waals surface area contributed by atoms with Crippen molar-refractivity contribution in [3.63, 3.8) is 0 Å². The molecule has 3 aromatic carbocycles. The van der Waals surface area contributed by atoms with Gasteiger partial charge in [-0.15, -0.1) is 0 Å². The molecular formula is C28H31ClFN3O4S. The average molecular weight is 560 g/mol. The van der Waals surface area contributed by atoms with Crippen molar-refractivity contribution in [2.75, 3.05) is 23.7 Å². The van der Waals surface area contributed by atoms with Gasteiger partial charge in [-0.2, -0.15) is 0 Å². The highest BCUT2D eigenvalue weighted by molar-refractivity contribution is 7.92. The smallest absolute Gasteiger partial charge is 0.244 e. The van der Waals surface area contributed by atoms with E-state index < -0.39 is 34.3 Å². The number of hydrogen-bond acceptors (Lipinski definition) is 4.